The van der Waals surface area contributed by atoms with E-state index in [9.17, 15) is 4.79 Å². The lowest BCUT2D eigenvalue weighted by molar-refractivity contribution is -0.319. The minimum Gasteiger partial charge on any atom is -0.303 e. The Balaban J connectivity index is 3.70. The van der Waals surface area contributed by atoms with E-state index in [0.717, 1.165) is 37.4 Å². The Morgan fingerprint density at radius 2 is 1.39 bits per heavy atom. The maximum atomic E-state index is 10.6. The molecule has 0 fully saturated rings. The number of hydrogen-bond acceptors (Lipinski definition) is 3. The van der Waals surface area contributed by atoms with Gasteiger partial charge in [-0.1, -0.05) is 79.1 Å². The lowest BCUT2D eigenvalue weighted by Crippen LogP contribution is -2.28. The van der Waals surface area contributed by atoms with Crippen LogP contribution in [0, 0.1) is 17.8 Å². The van der Waals surface area contributed by atoms with Gasteiger partial charge in [0.05, 0.1) is 0 Å². The number of rotatable bonds is 15. The van der Waals surface area contributed by atoms with Crippen molar-refractivity contribution < 1.29 is 14.9 Å². The molecule has 0 radical (unpaired) electrons. The van der Waals surface area contributed by atoms with Gasteiger partial charge < -0.3 is 4.79 Å². The van der Waals surface area contributed by atoms with Crippen LogP contribution in [0.2, 0.25) is 0 Å². The van der Waals surface area contributed by atoms with Gasteiger partial charge in [-0.25, -0.2) is 4.89 Å². The van der Waals surface area contributed by atoms with Gasteiger partial charge in [-0.3, -0.25) is 5.26 Å². The second-order valence-corrected chi connectivity index (χ2v) is 8.27. The molecule has 0 saturated carbocycles. The van der Waals surface area contributed by atoms with Crippen LogP contribution in [0.15, 0.2) is 0 Å². The molecule has 23 heavy (non-hydrogen) atoms. The third-order valence-corrected chi connectivity index (χ3v) is 5.01. The van der Waals surface area contributed by atoms with Gasteiger partial charge in [0.25, 0.3) is 0 Å². The van der Waals surface area contributed by atoms with Crippen LogP contribution in [0.1, 0.15) is 98.8 Å². The topological polar surface area (TPSA) is 46.5 Å². The average Bonchev–Trinajstić information content (AvgIpc) is 2.47. The molecule has 1 N–H and O–H groups in total. The first kappa shape index (κ1) is 22.6. The summed E-state index contributed by atoms with van der Waals surface area (Å²) in [5.74, 6) is 2.38. The summed E-state index contributed by atoms with van der Waals surface area (Å²) < 4.78 is 0. The molecule has 0 aromatic rings. The number of aldehydes is 1. The Hall–Kier alpha value is -0.410. The summed E-state index contributed by atoms with van der Waals surface area (Å²) in [6, 6.07) is 0. The van der Waals surface area contributed by atoms with Gasteiger partial charge in [-0.05, 0) is 31.1 Å². The van der Waals surface area contributed by atoms with Gasteiger partial charge in [-0.15, -0.1) is 0 Å². The molecule has 0 rings (SSSR count). The van der Waals surface area contributed by atoms with E-state index in [4.69, 9.17) is 5.26 Å². The smallest absolute Gasteiger partial charge is 0.122 e. The van der Waals surface area contributed by atoms with Crippen LogP contribution >= 0.6 is 0 Å². The van der Waals surface area contributed by atoms with Crippen molar-refractivity contribution in [2.24, 2.45) is 17.8 Å². The van der Waals surface area contributed by atoms with Crippen molar-refractivity contribution in [2.75, 3.05) is 0 Å². The van der Waals surface area contributed by atoms with Crippen LogP contribution in [-0.4, -0.2) is 17.1 Å². The highest BCUT2D eigenvalue weighted by Crippen LogP contribution is 2.25. The molecule has 3 nitrogen and oxygen atoms in total. The van der Waals surface area contributed by atoms with E-state index in [2.05, 4.69) is 32.6 Å². The molecule has 0 heterocycles. The Morgan fingerprint density at radius 3 is 1.83 bits per heavy atom. The Kier molecular flexibility index (Phi) is 12.7. The fourth-order valence-electron chi connectivity index (χ4n) is 3.16. The van der Waals surface area contributed by atoms with Crippen molar-refractivity contribution in [2.45, 2.75) is 104 Å². The van der Waals surface area contributed by atoms with Gasteiger partial charge in [0.15, 0.2) is 0 Å². The summed E-state index contributed by atoms with van der Waals surface area (Å²) >= 11 is 0. The summed E-state index contributed by atoms with van der Waals surface area (Å²) in [6.45, 7) is 11.1. The SMILES string of the molecule is CC(C)CCCC(C)CCCC(C)CCCC(C)(CC=O)OO. The van der Waals surface area contributed by atoms with Crippen molar-refractivity contribution >= 4 is 6.29 Å². The molecular formula is C20H40O3. The Bertz CT molecular complexity index is 291. The molecule has 0 bridgehead atoms. The van der Waals surface area contributed by atoms with Crippen molar-refractivity contribution in [1.29, 1.82) is 0 Å². The summed E-state index contributed by atoms with van der Waals surface area (Å²) in [5.41, 5.74) is -0.702. The highest BCUT2D eigenvalue weighted by Gasteiger charge is 2.24. The Morgan fingerprint density at radius 1 is 0.913 bits per heavy atom. The molecule has 0 aromatic carbocycles. The Labute approximate surface area is 144 Å². The molecular weight excluding hydrogens is 288 g/mol. The molecule has 0 amide bonds. The third kappa shape index (κ3) is 12.7. The van der Waals surface area contributed by atoms with Crippen LogP contribution in [0.5, 0.6) is 0 Å². The zero-order valence-corrected chi connectivity index (χ0v) is 16.1. The summed E-state index contributed by atoms with van der Waals surface area (Å²) in [4.78, 5) is 15.1. The van der Waals surface area contributed by atoms with E-state index >= 15 is 0 Å². The molecule has 0 aromatic heterocycles. The van der Waals surface area contributed by atoms with Crippen LogP contribution in [0.25, 0.3) is 0 Å². The van der Waals surface area contributed by atoms with Gasteiger partial charge in [0.1, 0.15) is 11.9 Å². The summed E-state index contributed by atoms with van der Waals surface area (Å²) in [5, 5.41) is 8.93. The van der Waals surface area contributed by atoms with Gasteiger partial charge >= 0.3 is 0 Å². The zero-order chi connectivity index (χ0) is 17.7. The van der Waals surface area contributed by atoms with E-state index in [0.29, 0.717) is 5.92 Å². The maximum absolute atomic E-state index is 10.6. The van der Waals surface area contributed by atoms with E-state index in [1.807, 2.05) is 0 Å². The third-order valence-electron chi connectivity index (χ3n) is 5.01. The second kappa shape index (κ2) is 12.9. The molecule has 0 saturated heterocycles. The first-order chi connectivity index (χ1) is 10.8. The van der Waals surface area contributed by atoms with Crippen molar-refractivity contribution in [3.63, 3.8) is 0 Å². The van der Waals surface area contributed by atoms with Gasteiger partial charge in [0.2, 0.25) is 0 Å². The zero-order valence-electron chi connectivity index (χ0n) is 16.1. The van der Waals surface area contributed by atoms with E-state index < -0.39 is 5.60 Å². The minimum atomic E-state index is -0.702. The molecule has 3 unspecified atom stereocenters. The standard InChI is InChI=1S/C20H40O3/c1-17(2)9-6-10-18(3)11-7-12-19(4)13-8-14-20(5,23-22)15-16-21/h16-19,22H,6-15H2,1-5H3. The predicted molar refractivity (Wildman–Crippen MR) is 97.5 cm³/mol. The van der Waals surface area contributed by atoms with Gasteiger partial charge in [-0.2, -0.15) is 0 Å². The monoisotopic (exact) mass is 328 g/mol. The average molecular weight is 329 g/mol. The molecule has 3 heteroatoms. The van der Waals surface area contributed by atoms with Crippen LogP contribution < -0.4 is 0 Å². The number of carbonyl (C=O) groups excluding carboxylic acids is 1. The quantitative estimate of drug-likeness (QED) is 0.219. The number of hydrogen-bond donors (Lipinski definition) is 1. The van der Waals surface area contributed by atoms with E-state index in [1.54, 1.807) is 6.92 Å². The lowest BCUT2D eigenvalue weighted by Gasteiger charge is -2.24. The highest BCUT2D eigenvalue weighted by molar-refractivity contribution is 5.51. The fourth-order valence-corrected chi connectivity index (χ4v) is 3.16. The normalized spacial score (nSPS) is 17.0. The number of carbonyl (C=O) groups is 1. The largest absolute Gasteiger partial charge is 0.303 e. The molecule has 0 aliphatic carbocycles. The van der Waals surface area contributed by atoms with E-state index in [-0.39, 0.29) is 6.42 Å². The van der Waals surface area contributed by atoms with Crippen LogP contribution in [0.3, 0.4) is 0 Å². The van der Waals surface area contributed by atoms with Crippen molar-refractivity contribution in [3.8, 4) is 0 Å². The maximum Gasteiger partial charge on any atom is 0.122 e. The van der Waals surface area contributed by atoms with Crippen LogP contribution in [0.4, 0.5) is 0 Å². The van der Waals surface area contributed by atoms with Crippen molar-refractivity contribution in [1.82, 2.24) is 0 Å². The highest BCUT2D eigenvalue weighted by atomic mass is 17.1. The predicted octanol–water partition coefficient (Wildman–Crippen LogP) is 6.26. The lowest BCUT2D eigenvalue weighted by atomic mass is 9.89. The minimum absolute atomic E-state index is 0.256. The van der Waals surface area contributed by atoms with E-state index in [1.165, 1.54) is 38.5 Å². The molecule has 0 aliphatic rings. The second-order valence-electron chi connectivity index (χ2n) is 8.27. The molecule has 3 atom stereocenters. The fraction of sp³-hybridized carbons (Fsp3) is 0.950. The first-order valence-corrected chi connectivity index (χ1v) is 9.59. The summed E-state index contributed by atoms with van der Waals surface area (Å²) in [7, 11) is 0. The van der Waals surface area contributed by atoms with Crippen molar-refractivity contribution in [3.05, 3.63) is 0 Å². The summed E-state index contributed by atoms with van der Waals surface area (Å²) in [6.07, 6.45) is 12.0. The molecule has 0 spiro atoms. The molecule has 138 valence electrons. The van der Waals surface area contributed by atoms with Crippen LogP contribution in [-0.2, 0) is 9.68 Å². The first-order valence-electron chi connectivity index (χ1n) is 9.59. The van der Waals surface area contributed by atoms with Gasteiger partial charge in [0, 0.05) is 6.42 Å². The molecule has 0 aliphatic heterocycles.